The van der Waals surface area contributed by atoms with E-state index in [2.05, 4.69) is 15.5 Å². The van der Waals surface area contributed by atoms with Crippen molar-refractivity contribution in [2.45, 2.75) is 37.6 Å². The summed E-state index contributed by atoms with van der Waals surface area (Å²) in [5, 5.41) is 12.0. The molecule has 4 aromatic rings. The van der Waals surface area contributed by atoms with Gasteiger partial charge in [0.05, 0.1) is 19.5 Å². The van der Waals surface area contributed by atoms with Crippen molar-refractivity contribution < 1.29 is 14.3 Å². The summed E-state index contributed by atoms with van der Waals surface area (Å²) in [5.41, 5.74) is 6.14. The highest BCUT2D eigenvalue weighted by Crippen LogP contribution is 2.33. The first-order chi connectivity index (χ1) is 17.9. The Hall–Kier alpha value is -3.91. The smallest absolute Gasteiger partial charge is 0.237 e. The third-order valence-electron chi connectivity index (χ3n) is 6.08. The number of benzene rings is 3. The lowest BCUT2D eigenvalue weighted by atomic mass is 10.0. The second kappa shape index (κ2) is 11.9. The summed E-state index contributed by atoms with van der Waals surface area (Å²) in [6.07, 6.45) is 0.614. The molecule has 1 heterocycles. The lowest BCUT2D eigenvalue weighted by molar-refractivity contribution is -0.115. The zero-order valence-corrected chi connectivity index (χ0v) is 22.4. The number of ether oxygens (including phenoxy) is 2. The first kappa shape index (κ1) is 26.2. The highest BCUT2D eigenvalue weighted by molar-refractivity contribution is 8.00. The first-order valence-corrected chi connectivity index (χ1v) is 12.9. The van der Waals surface area contributed by atoms with Gasteiger partial charge in [0.2, 0.25) is 11.1 Å². The van der Waals surface area contributed by atoms with E-state index in [1.807, 2.05) is 87.5 Å². The molecule has 3 aromatic carbocycles. The average molecular weight is 515 g/mol. The van der Waals surface area contributed by atoms with E-state index >= 15 is 0 Å². The van der Waals surface area contributed by atoms with Crippen LogP contribution in [0, 0.1) is 13.8 Å². The molecule has 0 spiro atoms. The summed E-state index contributed by atoms with van der Waals surface area (Å²) in [6, 6.07) is 21.2. The number of rotatable bonds is 9. The maximum absolute atomic E-state index is 13.1. The van der Waals surface area contributed by atoms with E-state index < -0.39 is 0 Å². The third-order valence-corrected chi connectivity index (χ3v) is 7.30. The first-order valence-electron chi connectivity index (χ1n) is 12.0. The van der Waals surface area contributed by atoms with Gasteiger partial charge in [-0.25, -0.2) is 4.98 Å². The number of aromatic nitrogens is 3. The molecule has 4 rings (SSSR count). The van der Waals surface area contributed by atoms with Crippen molar-refractivity contribution in [3.05, 3.63) is 77.9 Å². The van der Waals surface area contributed by atoms with Crippen LogP contribution in [0.3, 0.4) is 0 Å². The largest absolute Gasteiger partial charge is 0.497 e. The molecular formula is C29H30N4O3S. The number of amides is 1. The fourth-order valence-electron chi connectivity index (χ4n) is 3.75. The number of thioether (sulfide) groups is 1. The van der Waals surface area contributed by atoms with Crippen LogP contribution in [0.15, 0.2) is 71.9 Å². The number of nitrogens with zero attached hydrogens (tertiary/aromatic N) is 3. The van der Waals surface area contributed by atoms with Crippen molar-refractivity contribution in [3.63, 3.8) is 0 Å². The predicted octanol–water partition coefficient (Wildman–Crippen LogP) is 6.35. The molecule has 1 unspecified atom stereocenters. The number of hydrogen-bond donors (Lipinski definition) is 1. The number of methoxy groups -OCH3 is 2. The van der Waals surface area contributed by atoms with Crippen molar-refractivity contribution in [1.82, 2.24) is 15.2 Å². The summed E-state index contributed by atoms with van der Waals surface area (Å²) in [7, 11) is 3.26. The summed E-state index contributed by atoms with van der Waals surface area (Å²) in [4.78, 5) is 17.9. The number of hydrogen-bond acceptors (Lipinski definition) is 7. The van der Waals surface area contributed by atoms with Crippen LogP contribution in [-0.2, 0) is 4.79 Å². The number of aryl methyl sites for hydroxylation is 2. The monoisotopic (exact) mass is 514 g/mol. The zero-order chi connectivity index (χ0) is 26.4. The number of carbonyl (C=O) groups excluding carboxylic acids is 1. The van der Waals surface area contributed by atoms with Crippen molar-refractivity contribution in [2.75, 3.05) is 19.5 Å². The molecule has 1 atom stereocenters. The van der Waals surface area contributed by atoms with Gasteiger partial charge in [0.25, 0.3) is 0 Å². The van der Waals surface area contributed by atoms with Crippen LogP contribution in [-0.4, -0.2) is 40.6 Å². The SMILES string of the molecule is CCC(Sc1nnc(-c2ccc(OC)cc2)c(-c2ccc(OC)cc2)n1)C(=O)Nc1ccc(C)c(C)c1. The molecule has 1 aromatic heterocycles. The molecule has 0 aliphatic carbocycles. The number of nitrogens with one attached hydrogen (secondary N) is 1. The summed E-state index contributed by atoms with van der Waals surface area (Å²) >= 11 is 1.31. The van der Waals surface area contributed by atoms with Crippen molar-refractivity contribution in [3.8, 4) is 34.0 Å². The normalized spacial score (nSPS) is 11.6. The van der Waals surface area contributed by atoms with Crippen LogP contribution >= 0.6 is 11.8 Å². The quantitative estimate of drug-likeness (QED) is 0.261. The van der Waals surface area contributed by atoms with Gasteiger partial charge >= 0.3 is 0 Å². The van der Waals surface area contributed by atoms with Gasteiger partial charge in [0.15, 0.2) is 0 Å². The molecule has 1 N–H and O–H groups in total. The molecule has 0 aliphatic heterocycles. The Morgan fingerprint density at radius 3 is 1.97 bits per heavy atom. The Morgan fingerprint density at radius 2 is 1.43 bits per heavy atom. The van der Waals surface area contributed by atoms with Crippen molar-refractivity contribution in [2.24, 2.45) is 0 Å². The van der Waals surface area contributed by atoms with E-state index in [9.17, 15) is 4.79 Å². The molecule has 0 bridgehead atoms. The maximum atomic E-state index is 13.1. The minimum atomic E-state index is -0.376. The third kappa shape index (κ3) is 6.27. The Labute approximate surface area is 221 Å². The van der Waals surface area contributed by atoms with E-state index in [4.69, 9.17) is 14.5 Å². The minimum Gasteiger partial charge on any atom is -0.497 e. The lowest BCUT2D eigenvalue weighted by Gasteiger charge is -2.15. The van der Waals surface area contributed by atoms with Crippen LogP contribution in [0.25, 0.3) is 22.5 Å². The van der Waals surface area contributed by atoms with E-state index in [1.54, 1.807) is 14.2 Å². The maximum Gasteiger partial charge on any atom is 0.237 e. The van der Waals surface area contributed by atoms with Crippen molar-refractivity contribution in [1.29, 1.82) is 0 Å². The molecule has 8 heteroatoms. The number of carbonyl (C=O) groups is 1. The number of anilines is 1. The zero-order valence-electron chi connectivity index (χ0n) is 21.6. The van der Waals surface area contributed by atoms with Gasteiger partial charge in [-0.15, -0.1) is 10.2 Å². The minimum absolute atomic E-state index is 0.0930. The van der Waals surface area contributed by atoms with Gasteiger partial charge in [0, 0.05) is 16.8 Å². The second-order valence-corrected chi connectivity index (χ2v) is 9.72. The average Bonchev–Trinajstić information content (AvgIpc) is 2.93. The van der Waals surface area contributed by atoms with Crippen LogP contribution < -0.4 is 14.8 Å². The van der Waals surface area contributed by atoms with Gasteiger partial charge in [-0.05, 0) is 92.1 Å². The molecule has 0 radical (unpaired) electrons. The predicted molar refractivity (Wildman–Crippen MR) is 148 cm³/mol. The van der Waals surface area contributed by atoms with E-state index in [1.165, 1.54) is 17.3 Å². The molecule has 0 aliphatic rings. The highest BCUT2D eigenvalue weighted by atomic mass is 32.2. The Bertz CT molecular complexity index is 1380. The summed E-state index contributed by atoms with van der Waals surface area (Å²) in [6.45, 7) is 6.05. The standard InChI is InChI=1S/C29H30N4O3S/c1-6-25(28(34)30-22-12-7-18(2)19(3)17-22)37-29-31-26(20-8-13-23(35-4)14-9-20)27(32-33-29)21-10-15-24(36-5)16-11-21/h7-17,25H,6H2,1-5H3,(H,30,34). The van der Waals surface area contributed by atoms with Crippen LogP contribution in [0.2, 0.25) is 0 Å². The summed E-state index contributed by atoms with van der Waals surface area (Å²) < 4.78 is 10.6. The fraction of sp³-hybridized carbons (Fsp3) is 0.241. The molecular weight excluding hydrogens is 484 g/mol. The van der Waals surface area contributed by atoms with Gasteiger partial charge in [-0.3, -0.25) is 4.79 Å². The van der Waals surface area contributed by atoms with E-state index in [0.717, 1.165) is 33.9 Å². The van der Waals surface area contributed by atoms with Gasteiger partial charge in [-0.2, -0.15) is 0 Å². The topological polar surface area (TPSA) is 86.2 Å². The Balaban J connectivity index is 1.64. The molecule has 190 valence electrons. The Morgan fingerprint density at radius 1 is 0.838 bits per heavy atom. The van der Waals surface area contributed by atoms with Crippen LogP contribution in [0.1, 0.15) is 24.5 Å². The van der Waals surface area contributed by atoms with Crippen LogP contribution in [0.4, 0.5) is 5.69 Å². The second-order valence-electron chi connectivity index (χ2n) is 8.55. The molecule has 0 saturated carbocycles. The van der Waals surface area contributed by atoms with Gasteiger partial charge in [0.1, 0.15) is 22.9 Å². The van der Waals surface area contributed by atoms with Gasteiger partial charge < -0.3 is 14.8 Å². The van der Waals surface area contributed by atoms with E-state index in [-0.39, 0.29) is 11.2 Å². The van der Waals surface area contributed by atoms with E-state index in [0.29, 0.717) is 23.0 Å². The Kier molecular flexibility index (Phi) is 8.40. The lowest BCUT2D eigenvalue weighted by Crippen LogP contribution is -2.25. The van der Waals surface area contributed by atoms with Crippen molar-refractivity contribution >= 4 is 23.4 Å². The van der Waals surface area contributed by atoms with Crippen LogP contribution in [0.5, 0.6) is 11.5 Å². The molecule has 0 fully saturated rings. The molecule has 0 saturated heterocycles. The molecule has 37 heavy (non-hydrogen) atoms. The molecule has 1 amide bonds. The highest BCUT2D eigenvalue weighted by Gasteiger charge is 2.22. The van der Waals surface area contributed by atoms with Gasteiger partial charge in [-0.1, -0.05) is 24.8 Å². The fourth-order valence-corrected chi connectivity index (χ4v) is 4.56. The molecule has 7 nitrogen and oxygen atoms in total. The summed E-state index contributed by atoms with van der Waals surface area (Å²) in [5.74, 6) is 1.41.